The van der Waals surface area contributed by atoms with E-state index in [1.807, 2.05) is 6.26 Å². The highest BCUT2D eigenvalue weighted by Gasteiger charge is 1.95. The van der Waals surface area contributed by atoms with Gasteiger partial charge in [0.25, 0.3) is 0 Å². The van der Waals surface area contributed by atoms with Crippen molar-refractivity contribution in [2.45, 2.75) is 96.8 Å². The molecule has 0 radical (unpaired) electrons. The maximum atomic E-state index is 5.70. The molecule has 2 nitrogen and oxygen atoms in total. The van der Waals surface area contributed by atoms with E-state index in [1.54, 1.807) is 11.8 Å². The summed E-state index contributed by atoms with van der Waals surface area (Å²) in [6.45, 7) is 3.32. The average molecular weight is 442 g/mol. The molecule has 3 N–H and O–H groups in total. The topological polar surface area (TPSA) is 40.0 Å². The molecule has 0 amide bonds. The van der Waals surface area contributed by atoms with E-state index in [2.05, 4.69) is 11.9 Å². The van der Waals surface area contributed by atoms with Crippen LogP contribution in [0.5, 0.6) is 0 Å². The number of halogens is 1. The van der Waals surface area contributed by atoms with Crippen molar-refractivity contribution in [3.05, 3.63) is 0 Å². The van der Waals surface area contributed by atoms with E-state index >= 15 is 0 Å². The first-order valence-corrected chi connectivity index (χ1v) is 10.4. The standard InChI is InChI=1S/C18H38N2S.HI/c1-3-4-5-6-7-8-9-10-11-12-13-14-15-16-17-20-18(19)21-2;/h3-17H2,1-2H3,(H2,19,20);1H. The summed E-state index contributed by atoms with van der Waals surface area (Å²) < 4.78 is 0. The molecule has 0 aliphatic rings. The highest BCUT2D eigenvalue weighted by atomic mass is 127. The molecule has 0 saturated carbocycles. The molecule has 22 heavy (non-hydrogen) atoms. The number of amidine groups is 1. The lowest BCUT2D eigenvalue weighted by molar-refractivity contribution is -0.455. The first kappa shape index (κ1) is 24.8. The van der Waals surface area contributed by atoms with E-state index in [1.165, 1.54) is 89.9 Å². The summed E-state index contributed by atoms with van der Waals surface area (Å²) in [5.41, 5.74) is 5.70. The Labute approximate surface area is 160 Å². The Bertz CT molecular complexity index is 235. The summed E-state index contributed by atoms with van der Waals surface area (Å²) >= 11 is 1.59. The van der Waals surface area contributed by atoms with Crippen LogP contribution in [0.1, 0.15) is 96.8 Å². The van der Waals surface area contributed by atoms with Gasteiger partial charge < -0.3 is 24.0 Å². The average Bonchev–Trinajstić information content (AvgIpc) is 2.50. The number of rotatable bonds is 15. The molecule has 0 saturated heterocycles. The summed E-state index contributed by atoms with van der Waals surface area (Å²) in [6, 6.07) is 0. The summed E-state index contributed by atoms with van der Waals surface area (Å²) in [5, 5.41) is 0.852. The van der Waals surface area contributed by atoms with Gasteiger partial charge >= 0.3 is 5.17 Å². The predicted octanol–water partition coefficient (Wildman–Crippen LogP) is 1.23. The van der Waals surface area contributed by atoms with Crippen LogP contribution < -0.4 is 34.7 Å². The monoisotopic (exact) mass is 442 g/mol. The Kier molecular flexibility index (Phi) is 24.3. The molecule has 0 aromatic carbocycles. The summed E-state index contributed by atoms with van der Waals surface area (Å²) in [7, 11) is 0. The fourth-order valence-corrected chi connectivity index (χ4v) is 2.85. The molecule has 0 heterocycles. The molecule has 0 bridgehead atoms. The Hall–Kier alpha value is 0.550. The lowest BCUT2D eigenvalue weighted by atomic mass is 10.0. The van der Waals surface area contributed by atoms with Crippen LogP contribution in [0.4, 0.5) is 0 Å². The van der Waals surface area contributed by atoms with Crippen molar-refractivity contribution in [1.29, 1.82) is 0 Å². The fourth-order valence-electron chi connectivity index (χ4n) is 2.60. The third kappa shape index (κ3) is 20.6. The lowest BCUT2D eigenvalue weighted by Gasteiger charge is -2.02. The zero-order chi connectivity index (χ0) is 15.6. The Morgan fingerprint density at radius 1 is 0.727 bits per heavy atom. The van der Waals surface area contributed by atoms with Crippen molar-refractivity contribution < 1.29 is 29.0 Å². The van der Waals surface area contributed by atoms with Gasteiger partial charge in [-0.3, -0.25) is 10.7 Å². The summed E-state index contributed by atoms with van der Waals surface area (Å²) in [4.78, 5) is 3.23. The lowest BCUT2D eigenvalue weighted by Crippen LogP contribution is -3.00. The quantitative estimate of drug-likeness (QED) is 0.173. The van der Waals surface area contributed by atoms with Crippen molar-refractivity contribution in [2.24, 2.45) is 5.73 Å². The van der Waals surface area contributed by atoms with Crippen molar-refractivity contribution in [2.75, 3.05) is 12.8 Å². The highest BCUT2D eigenvalue weighted by molar-refractivity contribution is 8.12. The molecule has 0 aliphatic carbocycles. The number of hydrogen-bond acceptors (Lipinski definition) is 1. The van der Waals surface area contributed by atoms with Gasteiger partial charge in [-0.15, -0.1) is 0 Å². The first-order chi connectivity index (χ1) is 10.3. The fraction of sp³-hybridized carbons (Fsp3) is 0.944. The second-order valence-corrected chi connectivity index (χ2v) is 6.94. The molecular formula is C18H39IN2S. The van der Waals surface area contributed by atoms with Crippen LogP contribution in [0.15, 0.2) is 0 Å². The Morgan fingerprint density at radius 2 is 1.09 bits per heavy atom. The second-order valence-electron chi connectivity index (χ2n) is 6.09. The van der Waals surface area contributed by atoms with Crippen LogP contribution in [0.3, 0.4) is 0 Å². The van der Waals surface area contributed by atoms with Crippen LogP contribution in [0.25, 0.3) is 0 Å². The largest absolute Gasteiger partial charge is 1.00 e. The molecule has 0 atom stereocenters. The van der Waals surface area contributed by atoms with Crippen molar-refractivity contribution in [3.63, 3.8) is 0 Å². The number of nitrogens with one attached hydrogen (secondary N) is 1. The predicted molar refractivity (Wildman–Crippen MR) is 98.9 cm³/mol. The summed E-state index contributed by atoms with van der Waals surface area (Å²) in [5.74, 6) is 0. The van der Waals surface area contributed by atoms with Crippen LogP contribution in [-0.4, -0.2) is 18.0 Å². The molecule has 0 aliphatic heterocycles. The SMILES string of the molecule is CCCCCCCCCCCCCCCC[NH+]=C(N)SC.[I-]. The normalized spacial score (nSPS) is 11.5. The molecule has 0 spiro atoms. The number of hydrogen-bond donors (Lipinski definition) is 2. The minimum absolute atomic E-state index is 0. The van der Waals surface area contributed by atoms with E-state index in [0.717, 1.165) is 11.7 Å². The van der Waals surface area contributed by atoms with Gasteiger partial charge in [0.2, 0.25) is 0 Å². The highest BCUT2D eigenvalue weighted by Crippen LogP contribution is 2.12. The van der Waals surface area contributed by atoms with Crippen molar-refractivity contribution in [3.8, 4) is 0 Å². The molecule has 0 aromatic rings. The summed E-state index contributed by atoms with van der Waals surface area (Å²) in [6.07, 6.45) is 21.8. The minimum Gasteiger partial charge on any atom is -1.00 e. The number of thioether (sulfide) groups is 1. The molecule has 0 rings (SSSR count). The van der Waals surface area contributed by atoms with Crippen molar-refractivity contribution in [1.82, 2.24) is 0 Å². The van der Waals surface area contributed by atoms with Gasteiger partial charge in [0.15, 0.2) is 0 Å². The molecular weight excluding hydrogens is 403 g/mol. The van der Waals surface area contributed by atoms with Crippen LogP contribution in [-0.2, 0) is 0 Å². The van der Waals surface area contributed by atoms with Gasteiger partial charge in [-0.25, -0.2) is 0 Å². The molecule has 134 valence electrons. The van der Waals surface area contributed by atoms with E-state index < -0.39 is 0 Å². The van der Waals surface area contributed by atoms with Gasteiger partial charge in [0.1, 0.15) is 0 Å². The van der Waals surface area contributed by atoms with E-state index in [0.29, 0.717) is 0 Å². The third-order valence-electron chi connectivity index (χ3n) is 4.05. The van der Waals surface area contributed by atoms with Gasteiger partial charge in [0, 0.05) is 0 Å². The van der Waals surface area contributed by atoms with Crippen LogP contribution in [0.2, 0.25) is 0 Å². The zero-order valence-corrected chi connectivity index (χ0v) is 17.9. The number of nitrogens with two attached hydrogens (primary N) is 1. The maximum absolute atomic E-state index is 5.70. The van der Waals surface area contributed by atoms with Crippen LogP contribution >= 0.6 is 11.8 Å². The number of unbranched alkanes of at least 4 members (excludes halogenated alkanes) is 13. The van der Waals surface area contributed by atoms with E-state index in [4.69, 9.17) is 5.73 Å². The van der Waals surface area contributed by atoms with Gasteiger partial charge in [-0.05, 0) is 30.9 Å². The van der Waals surface area contributed by atoms with E-state index in [9.17, 15) is 0 Å². The van der Waals surface area contributed by atoms with Gasteiger partial charge in [-0.1, -0.05) is 84.0 Å². The minimum atomic E-state index is 0. The first-order valence-electron chi connectivity index (χ1n) is 9.21. The van der Waals surface area contributed by atoms with Gasteiger partial charge in [0.05, 0.1) is 6.54 Å². The zero-order valence-electron chi connectivity index (χ0n) is 15.0. The molecule has 0 unspecified atom stereocenters. The third-order valence-corrected chi connectivity index (χ3v) is 4.63. The smallest absolute Gasteiger partial charge is 0.301 e. The molecule has 0 fully saturated rings. The van der Waals surface area contributed by atoms with Crippen molar-refractivity contribution >= 4 is 16.9 Å². The maximum Gasteiger partial charge on any atom is 0.301 e. The Balaban J connectivity index is 0. The van der Waals surface area contributed by atoms with Gasteiger partial charge in [-0.2, -0.15) is 0 Å². The molecule has 4 heteroatoms. The van der Waals surface area contributed by atoms with Crippen LogP contribution in [0, 0.1) is 0 Å². The molecule has 0 aromatic heterocycles. The second kappa shape index (κ2) is 21.6. The Morgan fingerprint density at radius 3 is 1.45 bits per heavy atom. The van der Waals surface area contributed by atoms with E-state index in [-0.39, 0.29) is 24.0 Å².